The summed E-state index contributed by atoms with van der Waals surface area (Å²) in [5.41, 5.74) is 5.82. The molecule has 0 spiro atoms. The van der Waals surface area contributed by atoms with Gasteiger partial charge in [0.25, 0.3) is 0 Å². The molecule has 2 aliphatic carbocycles. The fraction of sp³-hybridized carbons (Fsp3) is 0.500. The van der Waals surface area contributed by atoms with Gasteiger partial charge in [0.1, 0.15) is 17.0 Å². The third kappa shape index (κ3) is 4.95. The summed E-state index contributed by atoms with van der Waals surface area (Å²) in [5.74, 6) is -3.29. The highest BCUT2D eigenvalue weighted by Crippen LogP contribution is 2.37. The zero-order valence-electron chi connectivity index (χ0n) is 19.6. The Morgan fingerprint density at radius 2 is 1.78 bits per heavy atom. The highest BCUT2D eigenvalue weighted by atomic mass is 19.1. The number of aliphatic hydroxyl groups excluding tert-OH is 1. The lowest BCUT2D eigenvalue weighted by Crippen LogP contribution is -2.30. The van der Waals surface area contributed by atoms with E-state index in [1.54, 1.807) is 4.57 Å². The quantitative estimate of drug-likeness (QED) is 0.401. The molecule has 0 aliphatic heterocycles. The number of fused-ring (bicyclic) bond motifs is 1. The van der Waals surface area contributed by atoms with E-state index in [9.17, 15) is 23.1 Å². The molecule has 2 heterocycles. The summed E-state index contributed by atoms with van der Waals surface area (Å²) in [5, 5.41) is 15.9. The van der Waals surface area contributed by atoms with Crippen molar-refractivity contribution in [1.29, 1.82) is 0 Å². The van der Waals surface area contributed by atoms with Gasteiger partial charge in [0.2, 0.25) is 17.8 Å². The van der Waals surface area contributed by atoms with Crippen LogP contribution < -0.4 is 16.4 Å². The molecule has 2 saturated carbocycles. The molecule has 0 saturated heterocycles. The maximum Gasteiger partial charge on any atom is 0.224 e. The maximum atomic E-state index is 14.4. The maximum absolute atomic E-state index is 14.4. The number of imidazole rings is 1. The zero-order valence-corrected chi connectivity index (χ0v) is 19.6. The van der Waals surface area contributed by atoms with Gasteiger partial charge in [-0.3, -0.25) is 9.36 Å². The summed E-state index contributed by atoms with van der Waals surface area (Å²) in [6, 6.07) is 1.04. The SMILES string of the molecule is NC(=O)[C@H]1CC[C@@H](n2c(Nc3c(F)cc(F)cc3F)nc3cnc(NC4CCC[C@H](O)C4)nc32)CC1. The van der Waals surface area contributed by atoms with E-state index in [2.05, 4.69) is 25.6 Å². The molecule has 2 aromatic heterocycles. The largest absolute Gasteiger partial charge is 0.393 e. The first-order valence-corrected chi connectivity index (χ1v) is 12.2. The first-order chi connectivity index (χ1) is 17.3. The molecule has 12 heteroatoms. The number of rotatable bonds is 6. The highest BCUT2D eigenvalue weighted by molar-refractivity contribution is 5.78. The number of hydrogen-bond acceptors (Lipinski definition) is 7. The molecule has 3 aromatic rings. The first kappa shape index (κ1) is 24.3. The van der Waals surface area contributed by atoms with Crippen LogP contribution in [0.3, 0.4) is 0 Å². The second-order valence-corrected chi connectivity index (χ2v) is 9.65. The predicted molar refractivity (Wildman–Crippen MR) is 127 cm³/mol. The van der Waals surface area contributed by atoms with Crippen LogP contribution in [0.2, 0.25) is 0 Å². The van der Waals surface area contributed by atoms with Crippen molar-refractivity contribution < 1.29 is 23.1 Å². The lowest BCUT2D eigenvalue weighted by Gasteiger charge is -2.29. The fourth-order valence-corrected chi connectivity index (χ4v) is 5.26. The van der Waals surface area contributed by atoms with Gasteiger partial charge in [-0.25, -0.2) is 23.1 Å². The minimum absolute atomic E-state index is 0.0218. The summed E-state index contributed by atoms with van der Waals surface area (Å²) in [7, 11) is 0. The molecule has 2 fully saturated rings. The molecule has 36 heavy (non-hydrogen) atoms. The topological polar surface area (TPSA) is 131 Å². The zero-order chi connectivity index (χ0) is 25.4. The molecule has 2 atom stereocenters. The van der Waals surface area contributed by atoms with Gasteiger partial charge in [0.05, 0.1) is 12.3 Å². The minimum atomic E-state index is -1.09. The van der Waals surface area contributed by atoms with Crippen molar-refractivity contribution in [3.8, 4) is 0 Å². The standard InChI is InChI=1S/C24H28F3N7O2/c25-13-8-17(26)20(18(27)9-13)32-24-31-19-11-29-23(30-14-2-1-3-16(35)10-14)33-22(19)34(24)15-6-4-12(5-7-15)21(28)36/h8-9,11-12,14-16,35H,1-7,10H2,(H2,28,36)(H,31,32)(H,29,30,33)/t12-,14?,15+,16-/m0/s1. The average Bonchev–Trinajstić information content (AvgIpc) is 3.18. The number of nitrogens with zero attached hydrogens (tertiary/aromatic N) is 4. The Balaban J connectivity index is 1.51. The van der Waals surface area contributed by atoms with E-state index in [-0.39, 0.29) is 36.0 Å². The van der Waals surface area contributed by atoms with E-state index in [0.29, 0.717) is 61.3 Å². The van der Waals surface area contributed by atoms with E-state index < -0.39 is 23.1 Å². The number of carbonyl (C=O) groups is 1. The van der Waals surface area contributed by atoms with Crippen LogP contribution in [0.25, 0.3) is 11.2 Å². The van der Waals surface area contributed by atoms with E-state index in [1.807, 2.05) is 0 Å². The second-order valence-electron chi connectivity index (χ2n) is 9.65. The molecular weight excluding hydrogens is 475 g/mol. The molecule has 5 rings (SSSR count). The van der Waals surface area contributed by atoms with Crippen molar-refractivity contribution in [3.63, 3.8) is 0 Å². The molecule has 0 radical (unpaired) electrons. The number of aromatic nitrogens is 4. The molecule has 1 amide bonds. The molecule has 0 bridgehead atoms. The minimum Gasteiger partial charge on any atom is -0.393 e. The third-order valence-corrected chi connectivity index (χ3v) is 7.12. The van der Waals surface area contributed by atoms with Gasteiger partial charge in [-0.2, -0.15) is 4.98 Å². The van der Waals surface area contributed by atoms with Crippen molar-refractivity contribution in [3.05, 3.63) is 35.8 Å². The van der Waals surface area contributed by atoms with Crippen LogP contribution in [-0.4, -0.2) is 42.7 Å². The van der Waals surface area contributed by atoms with Gasteiger partial charge < -0.3 is 21.5 Å². The molecule has 2 aliphatic rings. The monoisotopic (exact) mass is 503 g/mol. The van der Waals surface area contributed by atoms with Gasteiger partial charge in [-0.1, -0.05) is 0 Å². The van der Waals surface area contributed by atoms with E-state index in [1.165, 1.54) is 6.20 Å². The summed E-state index contributed by atoms with van der Waals surface area (Å²) < 4.78 is 44.1. The number of anilines is 3. The summed E-state index contributed by atoms with van der Waals surface area (Å²) >= 11 is 0. The lowest BCUT2D eigenvalue weighted by atomic mass is 9.85. The Kier molecular flexibility index (Phi) is 6.69. The fourth-order valence-electron chi connectivity index (χ4n) is 5.26. The molecule has 5 N–H and O–H groups in total. The van der Waals surface area contributed by atoms with Crippen molar-refractivity contribution in [2.45, 2.75) is 69.6 Å². The predicted octanol–water partition coefficient (Wildman–Crippen LogP) is 3.92. The second kappa shape index (κ2) is 9.92. The molecule has 192 valence electrons. The van der Waals surface area contributed by atoms with Crippen molar-refractivity contribution in [2.75, 3.05) is 10.6 Å². The normalized spacial score (nSPS) is 24.6. The van der Waals surface area contributed by atoms with Gasteiger partial charge in [-0.05, 0) is 51.4 Å². The van der Waals surface area contributed by atoms with Crippen LogP contribution in [-0.2, 0) is 4.79 Å². The van der Waals surface area contributed by atoms with Crippen LogP contribution in [0.15, 0.2) is 18.3 Å². The highest BCUT2D eigenvalue weighted by Gasteiger charge is 2.30. The Bertz CT molecular complexity index is 1250. The molecule has 1 unspecified atom stereocenters. The van der Waals surface area contributed by atoms with Crippen molar-refractivity contribution in [2.24, 2.45) is 11.7 Å². The lowest BCUT2D eigenvalue weighted by molar-refractivity contribution is -0.122. The first-order valence-electron chi connectivity index (χ1n) is 12.2. The van der Waals surface area contributed by atoms with Crippen LogP contribution in [0, 0.1) is 23.4 Å². The number of halogens is 3. The smallest absolute Gasteiger partial charge is 0.224 e. The Hall–Kier alpha value is -3.41. The number of benzene rings is 1. The third-order valence-electron chi connectivity index (χ3n) is 7.12. The number of hydrogen-bond donors (Lipinski definition) is 4. The van der Waals surface area contributed by atoms with E-state index in [0.717, 1.165) is 19.3 Å². The number of nitrogens with two attached hydrogens (primary N) is 1. The number of aliphatic hydroxyl groups is 1. The number of amides is 1. The Morgan fingerprint density at radius 1 is 1.06 bits per heavy atom. The van der Waals surface area contributed by atoms with Crippen LogP contribution in [0.1, 0.15) is 57.4 Å². The van der Waals surface area contributed by atoms with Crippen LogP contribution in [0.5, 0.6) is 0 Å². The van der Waals surface area contributed by atoms with Gasteiger partial charge in [-0.15, -0.1) is 0 Å². The molecule has 9 nitrogen and oxygen atoms in total. The average molecular weight is 504 g/mol. The summed E-state index contributed by atoms with van der Waals surface area (Å²) in [4.78, 5) is 25.2. The van der Waals surface area contributed by atoms with Gasteiger partial charge in [0, 0.05) is 30.1 Å². The van der Waals surface area contributed by atoms with E-state index in [4.69, 9.17) is 5.73 Å². The van der Waals surface area contributed by atoms with Gasteiger partial charge in [0.15, 0.2) is 17.3 Å². The summed E-state index contributed by atoms with van der Waals surface area (Å²) in [6.45, 7) is 0. The number of carbonyl (C=O) groups excluding carboxylic acids is 1. The Morgan fingerprint density at radius 3 is 2.44 bits per heavy atom. The van der Waals surface area contributed by atoms with Gasteiger partial charge >= 0.3 is 0 Å². The molecular formula is C24H28F3N7O2. The van der Waals surface area contributed by atoms with Crippen molar-refractivity contribution >= 4 is 34.7 Å². The van der Waals surface area contributed by atoms with Crippen LogP contribution >= 0.6 is 0 Å². The van der Waals surface area contributed by atoms with Crippen LogP contribution in [0.4, 0.5) is 30.8 Å². The Labute approximate surface area is 205 Å². The molecule has 1 aromatic carbocycles. The number of primary amides is 1. The summed E-state index contributed by atoms with van der Waals surface area (Å²) in [6.07, 6.45) is 6.59. The van der Waals surface area contributed by atoms with Crippen molar-refractivity contribution in [1.82, 2.24) is 19.5 Å². The van der Waals surface area contributed by atoms with E-state index >= 15 is 0 Å². The number of nitrogens with one attached hydrogen (secondary N) is 2.